The van der Waals surface area contributed by atoms with E-state index < -0.39 is 5.41 Å². The van der Waals surface area contributed by atoms with E-state index in [0.717, 1.165) is 11.1 Å². The molecule has 5 nitrogen and oxygen atoms in total. The molecule has 3 rings (SSSR count). The number of piperidine rings is 1. The minimum atomic E-state index is -0.536. The molecule has 0 saturated carbocycles. The van der Waals surface area contributed by atoms with Crippen LogP contribution in [0.2, 0.25) is 5.02 Å². The van der Waals surface area contributed by atoms with Gasteiger partial charge < -0.3 is 15.0 Å². The van der Waals surface area contributed by atoms with Crippen LogP contribution in [-0.2, 0) is 17.8 Å². The summed E-state index contributed by atoms with van der Waals surface area (Å²) in [5.74, 6) is 0.235. The second-order valence-electron chi connectivity index (χ2n) is 7.65. The molecule has 0 radical (unpaired) electrons. The van der Waals surface area contributed by atoms with Gasteiger partial charge >= 0.3 is 0 Å². The predicted molar refractivity (Wildman–Crippen MR) is 114 cm³/mol. The van der Waals surface area contributed by atoms with E-state index in [1.165, 1.54) is 12.1 Å². The molecule has 1 fully saturated rings. The van der Waals surface area contributed by atoms with Gasteiger partial charge in [0.1, 0.15) is 11.6 Å². The zero-order valence-corrected chi connectivity index (χ0v) is 17.7. The van der Waals surface area contributed by atoms with Crippen molar-refractivity contribution in [1.29, 1.82) is 5.26 Å². The lowest BCUT2D eigenvalue weighted by Gasteiger charge is -2.37. The Kier molecular flexibility index (Phi) is 7.30. The summed E-state index contributed by atoms with van der Waals surface area (Å²) in [7, 11) is 1.83. The van der Waals surface area contributed by atoms with Crippen molar-refractivity contribution in [2.45, 2.75) is 25.8 Å². The first kappa shape index (κ1) is 22.1. The Morgan fingerprint density at radius 1 is 1.27 bits per heavy atom. The molecule has 0 spiro atoms. The minimum absolute atomic E-state index is 0.0597. The van der Waals surface area contributed by atoms with Crippen LogP contribution in [0.4, 0.5) is 4.39 Å². The Morgan fingerprint density at radius 3 is 2.60 bits per heavy atom. The van der Waals surface area contributed by atoms with Crippen LogP contribution in [0, 0.1) is 22.6 Å². The van der Waals surface area contributed by atoms with Gasteiger partial charge in [0.05, 0.1) is 11.5 Å². The van der Waals surface area contributed by atoms with Gasteiger partial charge in [-0.1, -0.05) is 23.7 Å². The highest BCUT2D eigenvalue weighted by atomic mass is 35.5. The zero-order valence-electron chi connectivity index (χ0n) is 17.0. The van der Waals surface area contributed by atoms with E-state index in [1.807, 2.05) is 13.1 Å². The quantitative estimate of drug-likeness (QED) is 0.723. The van der Waals surface area contributed by atoms with Crippen LogP contribution >= 0.6 is 11.6 Å². The Balaban J connectivity index is 1.56. The Morgan fingerprint density at radius 2 is 1.97 bits per heavy atom. The number of hydrogen-bond acceptors (Lipinski definition) is 4. The number of ether oxygens (including phenoxy) is 1. The lowest BCUT2D eigenvalue weighted by Crippen LogP contribution is -2.45. The Labute approximate surface area is 181 Å². The highest BCUT2D eigenvalue weighted by Gasteiger charge is 2.36. The number of nitrogens with one attached hydrogen (secondary N) is 1. The number of likely N-dealkylation sites (tertiary alicyclic amines) is 1. The van der Waals surface area contributed by atoms with E-state index in [0.29, 0.717) is 49.7 Å². The van der Waals surface area contributed by atoms with Gasteiger partial charge in [0.25, 0.3) is 5.91 Å². The fourth-order valence-electron chi connectivity index (χ4n) is 3.75. The fourth-order valence-corrected chi connectivity index (χ4v) is 3.95. The first-order valence-corrected chi connectivity index (χ1v) is 10.3. The van der Waals surface area contributed by atoms with Crippen molar-refractivity contribution >= 4 is 17.5 Å². The van der Waals surface area contributed by atoms with Crippen LogP contribution in [0.5, 0.6) is 5.75 Å². The Hall–Kier alpha value is -2.62. The SMILES string of the molecule is CNCc1cc(Cl)ccc1OCC(=O)N1CCC(C#N)(Cc2ccc(F)cc2)CC1. The molecular weight excluding hydrogens is 405 g/mol. The number of rotatable bonds is 7. The maximum absolute atomic E-state index is 13.1. The van der Waals surface area contributed by atoms with Gasteiger partial charge in [-0.3, -0.25) is 4.79 Å². The summed E-state index contributed by atoms with van der Waals surface area (Å²) >= 11 is 6.04. The number of hydrogen-bond donors (Lipinski definition) is 1. The van der Waals surface area contributed by atoms with Gasteiger partial charge in [-0.2, -0.15) is 5.26 Å². The smallest absolute Gasteiger partial charge is 0.260 e. The van der Waals surface area contributed by atoms with Crippen molar-refractivity contribution in [2.24, 2.45) is 5.41 Å². The molecule has 0 aliphatic carbocycles. The molecule has 2 aromatic carbocycles. The van der Waals surface area contributed by atoms with E-state index in [4.69, 9.17) is 16.3 Å². The molecule has 1 heterocycles. The molecule has 0 atom stereocenters. The molecule has 30 heavy (non-hydrogen) atoms. The summed E-state index contributed by atoms with van der Waals surface area (Å²) in [6.45, 7) is 1.53. The van der Waals surface area contributed by atoms with E-state index in [1.54, 1.807) is 29.2 Å². The third-order valence-corrected chi connectivity index (χ3v) is 5.74. The van der Waals surface area contributed by atoms with Gasteiger partial charge in [-0.05, 0) is 62.2 Å². The van der Waals surface area contributed by atoms with Gasteiger partial charge in [0, 0.05) is 30.2 Å². The first-order chi connectivity index (χ1) is 14.4. The number of halogens is 2. The second kappa shape index (κ2) is 9.92. The summed E-state index contributed by atoms with van der Waals surface area (Å²) in [4.78, 5) is 14.4. The van der Waals surface area contributed by atoms with Crippen LogP contribution in [0.25, 0.3) is 0 Å². The number of nitriles is 1. The molecule has 158 valence electrons. The average molecular weight is 430 g/mol. The third-order valence-electron chi connectivity index (χ3n) is 5.51. The van der Waals surface area contributed by atoms with E-state index in [2.05, 4.69) is 11.4 Å². The summed E-state index contributed by atoms with van der Waals surface area (Å²) in [5, 5.41) is 13.4. The van der Waals surface area contributed by atoms with Gasteiger partial charge in [-0.25, -0.2) is 4.39 Å². The van der Waals surface area contributed by atoms with Crippen molar-refractivity contribution in [1.82, 2.24) is 10.2 Å². The number of carbonyl (C=O) groups is 1. The molecule has 7 heteroatoms. The molecule has 0 aromatic heterocycles. The first-order valence-electron chi connectivity index (χ1n) is 9.94. The van der Waals surface area contributed by atoms with Crippen LogP contribution in [0.1, 0.15) is 24.0 Å². The van der Waals surface area contributed by atoms with Crippen LogP contribution in [-0.4, -0.2) is 37.6 Å². The molecule has 1 N–H and O–H groups in total. The zero-order chi connectivity index (χ0) is 21.6. The molecule has 1 aliphatic heterocycles. The molecule has 1 amide bonds. The highest BCUT2D eigenvalue weighted by molar-refractivity contribution is 6.30. The standard InChI is InChI=1S/C23H25ClFN3O2/c1-27-14-18-12-19(24)4-7-21(18)30-15-22(29)28-10-8-23(16-26,9-11-28)13-17-2-5-20(25)6-3-17/h2-7,12,27H,8-11,13-15H2,1H3. The summed E-state index contributed by atoms with van der Waals surface area (Å²) < 4.78 is 18.9. The molecule has 1 saturated heterocycles. The molecule has 0 unspecified atom stereocenters. The van der Waals surface area contributed by atoms with Crippen molar-refractivity contribution in [3.63, 3.8) is 0 Å². The third kappa shape index (κ3) is 5.50. The normalized spacial score (nSPS) is 15.5. The minimum Gasteiger partial charge on any atom is -0.483 e. The van der Waals surface area contributed by atoms with E-state index in [-0.39, 0.29) is 18.3 Å². The van der Waals surface area contributed by atoms with Crippen molar-refractivity contribution < 1.29 is 13.9 Å². The van der Waals surface area contributed by atoms with Crippen molar-refractivity contribution in [3.05, 3.63) is 64.4 Å². The van der Waals surface area contributed by atoms with Crippen molar-refractivity contribution in [3.8, 4) is 11.8 Å². The predicted octanol–water partition coefficient (Wildman–Crippen LogP) is 3.95. The monoisotopic (exact) mass is 429 g/mol. The molecule has 0 bridgehead atoms. The Bertz CT molecular complexity index is 919. The molecule has 1 aliphatic rings. The lowest BCUT2D eigenvalue weighted by atomic mass is 9.75. The highest BCUT2D eigenvalue weighted by Crippen LogP contribution is 2.34. The summed E-state index contributed by atoms with van der Waals surface area (Å²) in [5.41, 5.74) is 1.28. The van der Waals surface area contributed by atoms with Gasteiger partial charge in [-0.15, -0.1) is 0 Å². The topological polar surface area (TPSA) is 65.4 Å². The second-order valence-corrected chi connectivity index (χ2v) is 8.08. The number of carbonyl (C=O) groups excluding carboxylic acids is 1. The average Bonchev–Trinajstić information content (AvgIpc) is 2.75. The molecular formula is C23H25ClFN3O2. The van der Waals surface area contributed by atoms with Gasteiger partial charge in [0.15, 0.2) is 6.61 Å². The summed E-state index contributed by atoms with van der Waals surface area (Å²) in [6, 6.07) is 14.0. The van der Waals surface area contributed by atoms with Crippen LogP contribution in [0.15, 0.2) is 42.5 Å². The lowest BCUT2D eigenvalue weighted by molar-refractivity contribution is -0.135. The maximum Gasteiger partial charge on any atom is 0.260 e. The number of nitrogens with zero attached hydrogens (tertiary/aromatic N) is 2. The van der Waals surface area contributed by atoms with Crippen LogP contribution < -0.4 is 10.1 Å². The summed E-state index contributed by atoms with van der Waals surface area (Å²) in [6.07, 6.45) is 1.72. The maximum atomic E-state index is 13.1. The van der Waals surface area contributed by atoms with E-state index in [9.17, 15) is 14.4 Å². The number of amides is 1. The molecule has 2 aromatic rings. The number of benzene rings is 2. The van der Waals surface area contributed by atoms with Crippen LogP contribution in [0.3, 0.4) is 0 Å². The van der Waals surface area contributed by atoms with Gasteiger partial charge in [0.2, 0.25) is 0 Å². The largest absolute Gasteiger partial charge is 0.483 e. The van der Waals surface area contributed by atoms with E-state index >= 15 is 0 Å². The fraction of sp³-hybridized carbons (Fsp3) is 0.391. The van der Waals surface area contributed by atoms with Crippen molar-refractivity contribution in [2.75, 3.05) is 26.7 Å².